The van der Waals surface area contributed by atoms with Crippen LogP contribution in [0.4, 0.5) is 5.69 Å². The van der Waals surface area contributed by atoms with E-state index in [1.165, 1.54) is 0 Å². The van der Waals surface area contributed by atoms with Gasteiger partial charge in [-0.05, 0) is 79.8 Å². The maximum atomic E-state index is 12.9. The lowest BCUT2D eigenvalue weighted by Gasteiger charge is -2.29. The van der Waals surface area contributed by atoms with E-state index in [1.54, 1.807) is 49.6 Å². The normalized spacial score (nSPS) is 14.7. The number of benzene rings is 1. The largest absolute Gasteiger partial charge is 0.451 e. The molecule has 1 aromatic carbocycles. The highest BCUT2D eigenvalue weighted by Gasteiger charge is 2.31. The molecule has 1 fully saturated rings. The molecule has 3 heterocycles. The molecular formula is C29H31N5O4. The van der Waals surface area contributed by atoms with Gasteiger partial charge in [0, 0.05) is 30.7 Å². The van der Waals surface area contributed by atoms with Gasteiger partial charge in [-0.25, -0.2) is 4.98 Å². The topological polar surface area (TPSA) is 118 Å². The van der Waals surface area contributed by atoms with E-state index in [9.17, 15) is 14.4 Å². The highest BCUT2D eigenvalue weighted by Crippen LogP contribution is 2.28. The van der Waals surface area contributed by atoms with Crippen molar-refractivity contribution in [3.05, 3.63) is 77.9 Å². The van der Waals surface area contributed by atoms with Crippen LogP contribution in [-0.2, 0) is 4.79 Å². The predicted molar refractivity (Wildman–Crippen MR) is 144 cm³/mol. The van der Waals surface area contributed by atoms with Crippen molar-refractivity contribution < 1.29 is 18.8 Å². The van der Waals surface area contributed by atoms with Crippen LogP contribution < -0.4 is 16.0 Å². The van der Waals surface area contributed by atoms with Crippen molar-refractivity contribution in [2.24, 2.45) is 5.92 Å². The smallest absolute Gasteiger partial charge is 0.287 e. The molecule has 1 unspecified atom stereocenters. The molecule has 1 aliphatic carbocycles. The number of rotatable bonds is 7. The summed E-state index contributed by atoms with van der Waals surface area (Å²) >= 11 is 0. The molecule has 9 heteroatoms. The second-order valence-corrected chi connectivity index (χ2v) is 9.75. The summed E-state index contributed by atoms with van der Waals surface area (Å²) in [5, 5.41) is 8.40. The monoisotopic (exact) mass is 513 g/mol. The minimum Gasteiger partial charge on any atom is -0.451 e. The molecule has 1 atom stereocenters. The molecule has 0 saturated heterocycles. The molecule has 5 rings (SSSR count). The number of anilines is 1. The van der Waals surface area contributed by atoms with E-state index < -0.39 is 11.9 Å². The van der Waals surface area contributed by atoms with Gasteiger partial charge in [0.1, 0.15) is 23.1 Å². The number of hydrogen-bond acceptors (Lipinski definition) is 5. The van der Waals surface area contributed by atoms with E-state index in [1.807, 2.05) is 29.7 Å². The molecule has 0 radical (unpaired) electrons. The van der Waals surface area contributed by atoms with Crippen molar-refractivity contribution in [2.45, 2.75) is 45.1 Å². The van der Waals surface area contributed by atoms with Crippen LogP contribution in [0.5, 0.6) is 0 Å². The van der Waals surface area contributed by atoms with Gasteiger partial charge in [0.25, 0.3) is 11.8 Å². The van der Waals surface area contributed by atoms with Gasteiger partial charge in [-0.15, -0.1) is 0 Å². The summed E-state index contributed by atoms with van der Waals surface area (Å²) in [4.78, 5) is 42.5. The van der Waals surface area contributed by atoms with Crippen molar-refractivity contribution >= 4 is 29.1 Å². The van der Waals surface area contributed by atoms with Gasteiger partial charge in [-0.1, -0.05) is 19.3 Å². The molecule has 1 aliphatic rings. The Bertz CT molecular complexity index is 1460. The van der Waals surface area contributed by atoms with Crippen molar-refractivity contribution in [3.63, 3.8) is 0 Å². The fourth-order valence-electron chi connectivity index (χ4n) is 4.95. The molecule has 1 saturated carbocycles. The van der Waals surface area contributed by atoms with Crippen molar-refractivity contribution in [1.82, 2.24) is 20.0 Å². The van der Waals surface area contributed by atoms with E-state index in [4.69, 9.17) is 4.42 Å². The maximum absolute atomic E-state index is 12.9. The first-order chi connectivity index (χ1) is 18.4. The van der Waals surface area contributed by atoms with Gasteiger partial charge in [-0.2, -0.15) is 0 Å². The number of aryl methyl sites for hydroxylation is 1. The van der Waals surface area contributed by atoms with E-state index in [2.05, 4.69) is 20.9 Å². The zero-order valence-electron chi connectivity index (χ0n) is 21.5. The number of amides is 3. The lowest BCUT2D eigenvalue weighted by atomic mass is 9.83. The van der Waals surface area contributed by atoms with E-state index in [0.717, 1.165) is 43.2 Å². The average Bonchev–Trinajstić information content (AvgIpc) is 3.60. The Morgan fingerprint density at radius 2 is 1.76 bits per heavy atom. The Balaban J connectivity index is 1.24. The highest BCUT2D eigenvalue weighted by atomic mass is 16.4. The summed E-state index contributed by atoms with van der Waals surface area (Å²) in [6.45, 7) is 1.98. The van der Waals surface area contributed by atoms with Crippen LogP contribution in [0.3, 0.4) is 0 Å². The predicted octanol–water partition coefficient (Wildman–Crippen LogP) is 4.58. The van der Waals surface area contributed by atoms with Gasteiger partial charge in [-0.3, -0.25) is 14.4 Å². The Morgan fingerprint density at radius 1 is 1.00 bits per heavy atom. The second kappa shape index (κ2) is 10.9. The zero-order chi connectivity index (χ0) is 26.6. The van der Waals surface area contributed by atoms with Gasteiger partial charge in [0.2, 0.25) is 5.91 Å². The summed E-state index contributed by atoms with van der Waals surface area (Å²) < 4.78 is 7.63. The molecule has 0 bridgehead atoms. The van der Waals surface area contributed by atoms with Gasteiger partial charge in [0.15, 0.2) is 5.76 Å². The van der Waals surface area contributed by atoms with Crippen molar-refractivity contribution in [2.75, 3.05) is 12.4 Å². The molecule has 9 nitrogen and oxygen atoms in total. The van der Waals surface area contributed by atoms with E-state index in [0.29, 0.717) is 22.8 Å². The molecule has 4 aromatic rings. The SMILES string of the molecule is CNC(=O)C(NC(=O)c1ccc(-c2ccc(NC(=O)c3cn4ccc(C)cc4n3)cc2)o1)C1CCCCC1. The maximum Gasteiger partial charge on any atom is 0.287 e. The van der Waals surface area contributed by atoms with Crippen LogP contribution in [0, 0.1) is 12.8 Å². The lowest BCUT2D eigenvalue weighted by Crippen LogP contribution is -2.50. The fraction of sp³-hybridized carbons (Fsp3) is 0.310. The number of aromatic nitrogens is 2. The summed E-state index contributed by atoms with van der Waals surface area (Å²) in [6.07, 6.45) is 8.69. The standard InChI is InChI=1S/C29H31N5O4/c1-18-14-15-34-17-22(32-25(34)16-18)27(35)31-21-10-8-19(9-11-21)23-12-13-24(38-23)28(36)33-26(29(37)30-2)20-6-4-3-5-7-20/h8-17,20,26H,3-7H2,1-2H3,(H,30,37)(H,31,35)(H,33,36). The summed E-state index contributed by atoms with van der Waals surface area (Å²) in [5.74, 6) is -0.133. The number of nitrogens with zero attached hydrogens (tertiary/aromatic N) is 2. The number of carbonyl (C=O) groups excluding carboxylic acids is 3. The van der Waals surface area contributed by atoms with Crippen molar-refractivity contribution in [3.8, 4) is 11.3 Å². The third-order valence-corrected chi connectivity index (χ3v) is 7.04. The first kappa shape index (κ1) is 25.3. The van der Waals surface area contributed by atoms with E-state index >= 15 is 0 Å². The van der Waals surface area contributed by atoms with Gasteiger partial charge in [0.05, 0.1) is 0 Å². The Labute approximate surface area is 220 Å². The number of imidazole rings is 1. The average molecular weight is 514 g/mol. The van der Waals surface area contributed by atoms with Crippen LogP contribution in [0.1, 0.15) is 58.7 Å². The second-order valence-electron chi connectivity index (χ2n) is 9.75. The van der Waals surface area contributed by atoms with Gasteiger partial charge >= 0.3 is 0 Å². The zero-order valence-corrected chi connectivity index (χ0v) is 21.5. The Hall–Kier alpha value is -4.40. The van der Waals surface area contributed by atoms with Crippen LogP contribution >= 0.6 is 0 Å². The summed E-state index contributed by atoms with van der Waals surface area (Å²) in [6, 6.07) is 13.7. The molecule has 3 N–H and O–H groups in total. The van der Waals surface area contributed by atoms with Crippen LogP contribution in [-0.4, -0.2) is 40.2 Å². The van der Waals surface area contributed by atoms with Crippen LogP contribution in [0.15, 0.2) is 65.3 Å². The number of fused-ring (bicyclic) bond motifs is 1. The molecule has 3 aromatic heterocycles. The molecular weight excluding hydrogens is 482 g/mol. The van der Waals surface area contributed by atoms with Crippen molar-refractivity contribution in [1.29, 1.82) is 0 Å². The number of pyridine rings is 1. The number of carbonyl (C=O) groups is 3. The summed E-state index contributed by atoms with van der Waals surface area (Å²) in [5.41, 5.74) is 3.46. The first-order valence-corrected chi connectivity index (χ1v) is 12.9. The summed E-state index contributed by atoms with van der Waals surface area (Å²) in [7, 11) is 1.58. The number of nitrogens with one attached hydrogen (secondary N) is 3. The number of hydrogen-bond donors (Lipinski definition) is 3. The third kappa shape index (κ3) is 5.46. The number of furan rings is 1. The van der Waals surface area contributed by atoms with Gasteiger partial charge < -0.3 is 24.8 Å². The highest BCUT2D eigenvalue weighted by molar-refractivity contribution is 6.03. The molecule has 38 heavy (non-hydrogen) atoms. The van der Waals surface area contributed by atoms with Crippen LogP contribution in [0.2, 0.25) is 0 Å². The Kier molecular flexibility index (Phi) is 7.26. The number of likely N-dealkylation sites (N-methyl/N-ethyl adjacent to an activating group) is 1. The van der Waals surface area contributed by atoms with Crippen LogP contribution in [0.25, 0.3) is 17.0 Å². The fourth-order valence-corrected chi connectivity index (χ4v) is 4.95. The Morgan fingerprint density at radius 3 is 2.50 bits per heavy atom. The van der Waals surface area contributed by atoms with E-state index in [-0.39, 0.29) is 23.5 Å². The minimum atomic E-state index is -0.582. The molecule has 0 aliphatic heterocycles. The molecule has 196 valence electrons. The lowest BCUT2D eigenvalue weighted by molar-refractivity contribution is -0.124. The minimum absolute atomic E-state index is 0.120. The third-order valence-electron chi connectivity index (χ3n) is 7.04. The quantitative estimate of drug-likeness (QED) is 0.334. The molecule has 3 amide bonds. The molecule has 0 spiro atoms. The first-order valence-electron chi connectivity index (χ1n) is 12.9.